The first kappa shape index (κ1) is 21.6. The first-order valence-corrected chi connectivity index (χ1v) is 10.1. The Morgan fingerprint density at radius 1 is 0.893 bits per heavy atom. The molecule has 0 N–H and O–H groups in total. The summed E-state index contributed by atoms with van der Waals surface area (Å²) in [7, 11) is 0. The van der Waals surface area contributed by atoms with Crippen LogP contribution < -0.4 is 0 Å². The molecule has 0 spiro atoms. The van der Waals surface area contributed by atoms with Gasteiger partial charge >= 0.3 is 5.97 Å². The number of ether oxygens (including phenoxy) is 1. The van der Waals surface area contributed by atoms with Gasteiger partial charge in [0, 0.05) is 19.5 Å². The van der Waals surface area contributed by atoms with Gasteiger partial charge in [-0.15, -0.1) is 0 Å². The predicted molar refractivity (Wildman–Crippen MR) is 104 cm³/mol. The molecule has 2 heterocycles. The number of halogens is 4. The molecular formula is C17H16Cl4N2O5. The zero-order valence-electron chi connectivity index (χ0n) is 14.6. The molecule has 2 amide bonds. The number of amides is 2. The second kappa shape index (κ2) is 9.15. The Labute approximate surface area is 181 Å². The maximum absolute atomic E-state index is 12.5. The summed E-state index contributed by atoms with van der Waals surface area (Å²) >= 11 is 23.9. The molecule has 152 valence electrons. The fourth-order valence-corrected chi connectivity index (χ4v) is 4.00. The zero-order valence-corrected chi connectivity index (χ0v) is 17.6. The summed E-state index contributed by atoms with van der Waals surface area (Å²) in [5.41, 5.74) is -0.461. The van der Waals surface area contributed by atoms with Crippen molar-refractivity contribution in [1.29, 1.82) is 0 Å². The Balaban J connectivity index is 1.58. The van der Waals surface area contributed by atoms with Gasteiger partial charge in [0.2, 0.25) is 0 Å². The molecule has 2 aliphatic heterocycles. The highest BCUT2D eigenvalue weighted by Crippen LogP contribution is 2.44. The van der Waals surface area contributed by atoms with E-state index in [1.807, 2.05) is 0 Å². The first-order chi connectivity index (χ1) is 13.3. The van der Waals surface area contributed by atoms with Crippen LogP contribution in [0.4, 0.5) is 0 Å². The molecule has 0 unspecified atom stereocenters. The van der Waals surface area contributed by atoms with Crippen LogP contribution >= 0.6 is 46.4 Å². The normalized spacial score (nSPS) is 17.2. The predicted octanol–water partition coefficient (Wildman–Crippen LogP) is 3.86. The first-order valence-electron chi connectivity index (χ1n) is 8.58. The van der Waals surface area contributed by atoms with E-state index in [-0.39, 0.29) is 37.6 Å². The molecule has 1 fully saturated rings. The van der Waals surface area contributed by atoms with Gasteiger partial charge in [-0.3, -0.25) is 14.5 Å². The Morgan fingerprint density at radius 2 is 1.43 bits per heavy atom. The maximum atomic E-state index is 12.5. The van der Waals surface area contributed by atoms with Crippen LogP contribution in [0.25, 0.3) is 0 Å². The average molecular weight is 470 g/mol. The van der Waals surface area contributed by atoms with Gasteiger partial charge in [-0.25, -0.2) is 4.79 Å². The Kier molecular flexibility index (Phi) is 7.07. The second-order valence-corrected chi connectivity index (χ2v) is 7.80. The van der Waals surface area contributed by atoms with Crippen LogP contribution in [0.3, 0.4) is 0 Å². The third-order valence-electron chi connectivity index (χ3n) is 4.47. The van der Waals surface area contributed by atoms with Crippen molar-refractivity contribution in [3.8, 4) is 0 Å². The summed E-state index contributed by atoms with van der Waals surface area (Å²) in [5, 5.41) is -0.379. The molecule has 3 rings (SSSR count). The zero-order chi connectivity index (χ0) is 20.4. The molecule has 1 aromatic rings. The van der Waals surface area contributed by atoms with Gasteiger partial charge in [0.15, 0.2) is 0 Å². The highest BCUT2D eigenvalue weighted by Gasteiger charge is 2.44. The molecule has 11 heteroatoms. The lowest BCUT2D eigenvalue weighted by molar-refractivity contribution is -0.168. The van der Waals surface area contributed by atoms with E-state index in [2.05, 4.69) is 4.90 Å². The number of imide groups is 1. The Bertz CT molecular complexity index is 780. The topological polar surface area (TPSA) is 76.2 Å². The SMILES string of the molecule is O=C(CCCCN1CCOCC1)ON1C(=O)c2c(Cl)c(Cl)c(Cl)c(Cl)c2C1=O. The minimum absolute atomic E-state index is 0.0563. The molecule has 1 saturated heterocycles. The molecule has 0 saturated carbocycles. The number of hydroxylamine groups is 2. The molecule has 0 aromatic heterocycles. The number of hydrogen-bond acceptors (Lipinski definition) is 6. The molecule has 28 heavy (non-hydrogen) atoms. The molecule has 0 radical (unpaired) electrons. The van der Waals surface area contributed by atoms with Crippen LogP contribution in [-0.2, 0) is 14.4 Å². The lowest BCUT2D eigenvalue weighted by Gasteiger charge is -2.26. The standard InChI is InChI=1S/C17H16Cl4N2O5/c18-12-10-11(13(19)15(21)14(12)20)17(26)23(16(10)25)28-9(24)3-1-2-4-22-5-7-27-8-6-22/h1-8H2. The van der Waals surface area contributed by atoms with Crippen LogP contribution in [0.5, 0.6) is 0 Å². The van der Waals surface area contributed by atoms with Crippen molar-refractivity contribution in [1.82, 2.24) is 9.96 Å². The molecule has 0 aliphatic carbocycles. The number of fused-ring (bicyclic) bond motifs is 1. The highest BCUT2D eigenvalue weighted by molar-refractivity contribution is 6.55. The third-order valence-corrected chi connectivity index (χ3v) is 6.27. The van der Waals surface area contributed by atoms with E-state index in [4.69, 9.17) is 56.0 Å². The van der Waals surface area contributed by atoms with E-state index in [1.165, 1.54) is 0 Å². The minimum Gasteiger partial charge on any atom is -0.379 e. The van der Waals surface area contributed by atoms with Crippen molar-refractivity contribution in [2.24, 2.45) is 0 Å². The van der Waals surface area contributed by atoms with E-state index in [0.29, 0.717) is 24.7 Å². The number of unbranched alkanes of at least 4 members (excludes halogenated alkanes) is 1. The fraction of sp³-hybridized carbons (Fsp3) is 0.471. The van der Waals surface area contributed by atoms with Crippen LogP contribution in [0, 0.1) is 0 Å². The largest absolute Gasteiger partial charge is 0.379 e. The van der Waals surface area contributed by atoms with Crippen molar-refractivity contribution in [3.05, 3.63) is 31.2 Å². The van der Waals surface area contributed by atoms with Gasteiger partial charge in [0.05, 0.1) is 44.4 Å². The highest BCUT2D eigenvalue weighted by atomic mass is 35.5. The molecule has 1 aromatic carbocycles. The van der Waals surface area contributed by atoms with Gasteiger partial charge in [-0.2, -0.15) is 0 Å². The summed E-state index contributed by atoms with van der Waals surface area (Å²) in [4.78, 5) is 44.2. The van der Waals surface area contributed by atoms with Gasteiger partial charge in [0.25, 0.3) is 11.8 Å². The molecule has 0 atom stereocenters. The van der Waals surface area contributed by atoms with E-state index >= 15 is 0 Å². The van der Waals surface area contributed by atoms with E-state index in [1.54, 1.807) is 0 Å². The monoisotopic (exact) mass is 468 g/mol. The third kappa shape index (κ3) is 4.25. The lowest BCUT2D eigenvalue weighted by Crippen LogP contribution is -2.36. The quantitative estimate of drug-likeness (QED) is 0.272. The number of morpholine rings is 1. The van der Waals surface area contributed by atoms with Crippen LogP contribution in [-0.4, -0.2) is 60.6 Å². The van der Waals surface area contributed by atoms with Crippen LogP contribution in [0.15, 0.2) is 0 Å². The lowest BCUT2D eigenvalue weighted by atomic mass is 10.1. The van der Waals surface area contributed by atoms with Gasteiger partial charge in [-0.1, -0.05) is 51.5 Å². The second-order valence-electron chi connectivity index (χ2n) is 6.29. The number of carbonyl (C=O) groups is 3. The minimum atomic E-state index is -0.910. The van der Waals surface area contributed by atoms with Crippen molar-refractivity contribution < 1.29 is 24.0 Å². The van der Waals surface area contributed by atoms with Crippen molar-refractivity contribution in [2.75, 3.05) is 32.8 Å². The Morgan fingerprint density at radius 3 is 1.96 bits per heavy atom. The van der Waals surface area contributed by atoms with Crippen LogP contribution in [0.1, 0.15) is 40.0 Å². The number of hydrogen-bond donors (Lipinski definition) is 0. The van der Waals surface area contributed by atoms with E-state index in [9.17, 15) is 14.4 Å². The fourth-order valence-electron chi connectivity index (χ4n) is 2.99. The number of carbonyl (C=O) groups excluding carboxylic acids is 3. The van der Waals surface area contributed by atoms with Gasteiger partial charge in [-0.05, 0) is 19.4 Å². The smallest absolute Gasteiger partial charge is 0.333 e. The summed E-state index contributed by atoms with van der Waals surface area (Å²) in [5.74, 6) is -2.53. The van der Waals surface area contributed by atoms with Gasteiger partial charge in [0.1, 0.15) is 0 Å². The number of benzene rings is 1. The summed E-state index contributed by atoms with van der Waals surface area (Å²) in [6.07, 6.45) is 1.39. The molecular weight excluding hydrogens is 454 g/mol. The summed E-state index contributed by atoms with van der Waals surface area (Å²) in [6, 6.07) is 0. The number of nitrogens with zero attached hydrogens (tertiary/aromatic N) is 2. The van der Waals surface area contributed by atoms with Crippen molar-refractivity contribution in [3.63, 3.8) is 0 Å². The number of rotatable bonds is 6. The Hall–Kier alpha value is -1.09. The molecule has 2 aliphatic rings. The van der Waals surface area contributed by atoms with Gasteiger partial charge < -0.3 is 9.57 Å². The van der Waals surface area contributed by atoms with Crippen molar-refractivity contribution >= 4 is 64.2 Å². The van der Waals surface area contributed by atoms with E-state index in [0.717, 1.165) is 26.1 Å². The summed E-state index contributed by atoms with van der Waals surface area (Å²) in [6.45, 7) is 3.99. The van der Waals surface area contributed by atoms with Crippen LogP contribution in [0.2, 0.25) is 20.1 Å². The average Bonchev–Trinajstić information content (AvgIpc) is 2.93. The maximum Gasteiger partial charge on any atom is 0.333 e. The van der Waals surface area contributed by atoms with Crippen molar-refractivity contribution in [2.45, 2.75) is 19.3 Å². The summed E-state index contributed by atoms with van der Waals surface area (Å²) < 4.78 is 5.28. The molecule has 0 bridgehead atoms. The molecule has 7 nitrogen and oxygen atoms in total. The van der Waals surface area contributed by atoms with E-state index < -0.39 is 17.8 Å².